The summed E-state index contributed by atoms with van der Waals surface area (Å²) in [4.78, 5) is 131. The number of aliphatic carboxylic acids is 3. The third-order valence-electron chi connectivity index (χ3n) is 11.7. The first kappa shape index (κ1) is 60.6. The zero-order valence-electron chi connectivity index (χ0n) is 42.1. The maximum absolute atomic E-state index is 14.1. The van der Waals surface area contributed by atoms with Crippen LogP contribution in [0.5, 0.6) is 0 Å². The summed E-state index contributed by atoms with van der Waals surface area (Å²) in [5, 5.41) is 57.7. The standard InChI is InChI=1S/C52H70N8O14/c1-29(2)25-38(58-50(71)43(30(3)4)60-46(67)35(53)21-23-41(61)62)48(69)56-37(26-32-15-9-6-10-16-32)44(65)51(72)54-31(5)45(66)57-39(27-33-17-11-7-12-18-33)49(70)55-36(22-24-42(63)64)47(68)59-40(52(73)74)28-34-19-13-8-14-20-34/h6-20,29-31,35-40,43-44,65H,21-28,53H2,1-5H3,(H,54,72)(H,55,70)(H,56,69)(H,57,66)(H,58,71)(H,59,68)(H,60,67)(H,61,62)(H,63,64)(H,73,74)/t31-,35-,36-,37-,38-,39-,40-,43-,44+/m0/s1. The van der Waals surface area contributed by atoms with Gasteiger partial charge in [0.15, 0.2) is 6.10 Å². The fraction of sp³-hybridized carbons (Fsp3) is 0.462. The Labute approximate surface area is 429 Å². The molecule has 0 saturated heterocycles. The first-order valence-corrected chi connectivity index (χ1v) is 24.3. The molecule has 9 atom stereocenters. The van der Waals surface area contributed by atoms with Gasteiger partial charge >= 0.3 is 17.9 Å². The maximum Gasteiger partial charge on any atom is 0.326 e. The minimum absolute atomic E-state index is 0.0752. The molecule has 0 fully saturated rings. The highest BCUT2D eigenvalue weighted by atomic mass is 16.4. The highest BCUT2D eigenvalue weighted by Gasteiger charge is 2.36. The Bertz CT molecular complexity index is 2370. The van der Waals surface area contributed by atoms with E-state index in [1.54, 1.807) is 119 Å². The van der Waals surface area contributed by atoms with Crippen LogP contribution in [0.1, 0.15) is 83.4 Å². The third kappa shape index (κ3) is 21.2. The lowest BCUT2D eigenvalue weighted by Crippen LogP contribution is -2.61. The van der Waals surface area contributed by atoms with Gasteiger partial charge in [0.25, 0.3) is 5.91 Å². The molecule has 0 heterocycles. The van der Waals surface area contributed by atoms with Crippen LogP contribution < -0.4 is 43.0 Å². The van der Waals surface area contributed by atoms with Crippen LogP contribution in [0, 0.1) is 11.8 Å². The van der Waals surface area contributed by atoms with Gasteiger partial charge in [-0.15, -0.1) is 0 Å². The Morgan fingerprint density at radius 3 is 1.38 bits per heavy atom. The normalized spacial score (nSPS) is 14.8. The molecular formula is C52H70N8O14. The third-order valence-corrected chi connectivity index (χ3v) is 11.7. The second-order valence-electron chi connectivity index (χ2n) is 18.8. The number of hydrogen-bond donors (Lipinski definition) is 12. The van der Waals surface area contributed by atoms with E-state index in [2.05, 4.69) is 37.2 Å². The van der Waals surface area contributed by atoms with Crippen LogP contribution in [0.3, 0.4) is 0 Å². The van der Waals surface area contributed by atoms with Crippen molar-refractivity contribution in [2.75, 3.05) is 0 Å². The molecule has 7 amide bonds. The van der Waals surface area contributed by atoms with E-state index in [1.165, 1.54) is 6.92 Å². The van der Waals surface area contributed by atoms with E-state index in [0.29, 0.717) is 16.7 Å². The first-order valence-electron chi connectivity index (χ1n) is 24.3. The number of hydrogen-bond acceptors (Lipinski definition) is 12. The van der Waals surface area contributed by atoms with Crippen molar-refractivity contribution >= 4 is 59.3 Å². The molecule has 0 aliphatic rings. The lowest BCUT2D eigenvalue weighted by atomic mass is 9.97. The van der Waals surface area contributed by atoms with E-state index >= 15 is 0 Å². The predicted octanol–water partition coefficient (Wildman–Crippen LogP) is 0.333. The van der Waals surface area contributed by atoms with Crippen LogP contribution in [-0.4, -0.2) is 134 Å². The molecule has 0 spiro atoms. The van der Waals surface area contributed by atoms with Crippen molar-refractivity contribution in [3.8, 4) is 0 Å². The van der Waals surface area contributed by atoms with Gasteiger partial charge in [0.05, 0.1) is 12.1 Å². The average molecular weight is 1030 g/mol. The predicted molar refractivity (Wildman–Crippen MR) is 269 cm³/mol. The van der Waals surface area contributed by atoms with Crippen LogP contribution >= 0.6 is 0 Å². The van der Waals surface area contributed by atoms with Gasteiger partial charge in [-0.05, 0) is 61.1 Å². The molecule has 0 saturated carbocycles. The molecule has 13 N–H and O–H groups in total. The number of carboxylic acid groups (broad SMARTS) is 3. The topological polar surface area (TPSA) is 362 Å². The van der Waals surface area contributed by atoms with Crippen LogP contribution in [-0.2, 0) is 67.2 Å². The van der Waals surface area contributed by atoms with Crippen molar-refractivity contribution in [3.05, 3.63) is 108 Å². The van der Waals surface area contributed by atoms with Crippen LogP contribution in [0.2, 0.25) is 0 Å². The first-order chi connectivity index (χ1) is 34.9. The molecule has 3 rings (SSSR count). The maximum atomic E-state index is 14.1. The number of aliphatic hydroxyl groups is 1. The molecule has 0 radical (unpaired) electrons. The molecule has 0 bridgehead atoms. The molecule has 402 valence electrons. The van der Waals surface area contributed by atoms with Crippen molar-refractivity contribution < 1.29 is 68.4 Å². The Balaban J connectivity index is 1.84. The van der Waals surface area contributed by atoms with Crippen LogP contribution in [0.4, 0.5) is 0 Å². The number of carbonyl (C=O) groups is 10. The van der Waals surface area contributed by atoms with E-state index in [9.17, 15) is 63.3 Å². The molecule has 0 aliphatic carbocycles. The van der Waals surface area contributed by atoms with Gasteiger partial charge in [0.2, 0.25) is 35.4 Å². The molecule has 74 heavy (non-hydrogen) atoms. The summed E-state index contributed by atoms with van der Waals surface area (Å²) in [5.41, 5.74) is 7.60. The van der Waals surface area contributed by atoms with Gasteiger partial charge in [-0.3, -0.25) is 43.2 Å². The Morgan fingerprint density at radius 1 is 0.459 bits per heavy atom. The second kappa shape index (κ2) is 30.3. The van der Waals surface area contributed by atoms with Gasteiger partial charge < -0.3 is 63.4 Å². The number of nitrogens with two attached hydrogens (primary N) is 1. The number of nitrogens with one attached hydrogen (secondary N) is 7. The highest BCUT2D eigenvalue weighted by molar-refractivity contribution is 5.96. The summed E-state index contributed by atoms with van der Waals surface area (Å²) in [5.74, 6) is -10.8. The Kier molecular flexibility index (Phi) is 24.8. The lowest BCUT2D eigenvalue weighted by molar-refractivity contribution is -0.143. The minimum Gasteiger partial charge on any atom is -0.481 e. The number of aliphatic hydroxyl groups excluding tert-OH is 1. The summed E-state index contributed by atoms with van der Waals surface area (Å²) < 4.78 is 0. The molecule has 22 heteroatoms. The summed E-state index contributed by atoms with van der Waals surface area (Å²) in [7, 11) is 0. The summed E-state index contributed by atoms with van der Waals surface area (Å²) >= 11 is 0. The number of rotatable bonds is 31. The average Bonchev–Trinajstić information content (AvgIpc) is 3.35. The Hall–Kier alpha value is -7.72. The molecule has 0 unspecified atom stereocenters. The highest BCUT2D eigenvalue weighted by Crippen LogP contribution is 2.14. The zero-order valence-corrected chi connectivity index (χ0v) is 42.1. The molecule has 22 nitrogen and oxygen atoms in total. The number of amides is 7. The van der Waals surface area contributed by atoms with Gasteiger partial charge in [0, 0.05) is 25.7 Å². The van der Waals surface area contributed by atoms with Gasteiger partial charge in [-0.2, -0.15) is 0 Å². The monoisotopic (exact) mass is 1030 g/mol. The van der Waals surface area contributed by atoms with E-state index in [4.69, 9.17) is 10.8 Å². The van der Waals surface area contributed by atoms with Crippen molar-refractivity contribution in [2.24, 2.45) is 17.6 Å². The molecule has 3 aromatic carbocycles. The lowest BCUT2D eigenvalue weighted by Gasteiger charge is -2.30. The smallest absolute Gasteiger partial charge is 0.326 e. The summed E-state index contributed by atoms with van der Waals surface area (Å²) in [6.07, 6.45) is -3.95. The van der Waals surface area contributed by atoms with Crippen molar-refractivity contribution in [2.45, 2.75) is 140 Å². The fourth-order valence-electron chi connectivity index (χ4n) is 7.60. The largest absolute Gasteiger partial charge is 0.481 e. The molecule has 3 aromatic rings. The zero-order chi connectivity index (χ0) is 55.1. The van der Waals surface area contributed by atoms with E-state index in [-0.39, 0.29) is 44.4 Å². The van der Waals surface area contributed by atoms with Crippen LogP contribution in [0.15, 0.2) is 91.0 Å². The summed E-state index contributed by atoms with van der Waals surface area (Å²) in [6.45, 7) is 8.13. The van der Waals surface area contributed by atoms with Gasteiger partial charge in [-0.1, -0.05) is 119 Å². The number of carbonyl (C=O) groups excluding carboxylic acids is 7. The molecule has 0 aliphatic heterocycles. The van der Waals surface area contributed by atoms with Crippen molar-refractivity contribution in [1.29, 1.82) is 0 Å². The Morgan fingerprint density at radius 2 is 0.892 bits per heavy atom. The number of benzene rings is 3. The molecule has 0 aromatic heterocycles. The molecular weight excluding hydrogens is 961 g/mol. The van der Waals surface area contributed by atoms with Crippen molar-refractivity contribution in [3.63, 3.8) is 0 Å². The summed E-state index contributed by atoms with van der Waals surface area (Å²) in [6, 6.07) is 14.3. The van der Waals surface area contributed by atoms with E-state index in [0.717, 1.165) is 0 Å². The van der Waals surface area contributed by atoms with Gasteiger partial charge in [-0.25, -0.2) is 4.79 Å². The van der Waals surface area contributed by atoms with Crippen molar-refractivity contribution in [1.82, 2.24) is 37.2 Å². The van der Waals surface area contributed by atoms with E-state index < -0.39 is 132 Å². The SMILES string of the molecule is CC(C)C[C@H](NC(=O)[C@@H](NC(=O)[C@@H](N)CCC(=O)O)C(C)C)C(=O)N[C@@H](Cc1ccccc1)[C@@H](O)C(=O)N[C@@H](C)C(=O)N[C@@H](Cc1ccccc1)C(=O)N[C@@H](CCC(=O)O)C(=O)N[C@@H](Cc1ccccc1)C(=O)O. The second-order valence-corrected chi connectivity index (χ2v) is 18.8. The van der Waals surface area contributed by atoms with Gasteiger partial charge in [0.1, 0.15) is 36.3 Å². The van der Waals surface area contributed by atoms with Crippen LogP contribution in [0.25, 0.3) is 0 Å². The minimum atomic E-state index is -2.02. The quantitative estimate of drug-likeness (QED) is 0.0413. The van der Waals surface area contributed by atoms with E-state index in [1.807, 2.05) is 0 Å². The fourth-order valence-corrected chi connectivity index (χ4v) is 7.60. The number of carboxylic acids is 3.